The lowest BCUT2D eigenvalue weighted by Crippen LogP contribution is -1.97. The molecule has 0 aliphatic rings. The molecule has 1 rings (SSSR count). The fourth-order valence-corrected chi connectivity index (χ4v) is 4.19. The van der Waals surface area contributed by atoms with Gasteiger partial charge in [-0.3, -0.25) is 0 Å². The van der Waals surface area contributed by atoms with Gasteiger partial charge in [0.2, 0.25) is 0 Å². The molecular formula is C30H50O. The molecule has 0 saturated carbocycles. The predicted octanol–water partition coefficient (Wildman–Crippen LogP) is 9.87. The lowest BCUT2D eigenvalue weighted by molar-refractivity contribution is 0.304. The van der Waals surface area contributed by atoms with E-state index in [0.717, 1.165) is 24.3 Å². The molecule has 0 aliphatic carbocycles. The molecule has 0 saturated heterocycles. The number of ether oxygens (including phenoxy) is 1. The Morgan fingerprint density at radius 2 is 0.903 bits per heavy atom. The van der Waals surface area contributed by atoms with Crippen molar-refractivity contribution in [2.75, 3.05) is 6.61 Å². The van der Waals surface area contributed by atoms with Crippen molar-refractivity contribution in [2.45, 2.75) is 135 Å². The van der Waals surface area contributed by atoms with Crippen LogP contribution in [0.1, 0.15) is 141 Å². The maximum absolute atomic E-state index is 5.77. The standard InChI is InChI=1S/C30H50O/c1-3-5-6-7-8-9-10-11-12-13-14-15-16-17-18-19-20-21-22-23-28-31-30-26-24-29(4-2)25-27-30/h2,24-27H,3,5-23,28H2,1H3. The Morgan fingerprint density at radius 1 is 0.548 bits per heavy atom. The van der Waals surface area contributed by atoms with Crippen LogP contribution >= 0.6 is 0 Å². The van der Waals surface area contributed by atoms with Crippen molar-refractivity contribution in [3.63, 3.8) is 0 Å². The molecule has 0 fully saturated rings. The third-order valence-electron chi connectivity index (χ3n) is 6.29. The average Bonchev–Trinajstić information content (AvgIpc) is 2.80. The highest BCUT2D eigenvalue weighted by Crippen LogP contribution is 2.15. The van der Waals surface area contributed by atoms with Crippen molar-refractivity contribution in [1.29, 1.82) is 0 Å². The fourth-order valence-electron chi connectivity index (χ4n) is 4.19. The van der Waals surface area contributed by atoms with Crippen LogP contribution in [0.5, 0.6) is 5.75 Å². The van der Waals surface area contributed by atoms with Gasteiger partial charge in [0, 0.05) is 5.56 Å². The number of hydrogen-bond donors (Lipinski definition) is 0. The van der Waals surface area contributed by atoms with Crippen molar-refractivity contribution in [3.8, 4) is 18.1 Å². The molecule has 0 spiro atoms. The number of benzene rings is 1. The second-order valence-electron chi connectivity index (χ2n) is 9.23. The summed E-state index contributed by atoms with van der Waals surface area (Å²) in [6.07, 6.45) is 33.7. The lowest BCUT2D eigenvalue weighted by atomic mass is 10.0. The first-order valence-electron chi connectivity index (χ1n) is 13.6. The minimum absolute atomic E-state index is 0.814. The molecule has 0 N–H and O–H groups in total. The largest absolute Gasteiger partial charge is 0.494 e. The predicted molar refractivity (Wildman–Crippen MR) is 138 cm³/mol. The Bertz CT molecular complexity index is 524. The summed E-state index contributed by atoms with van der Waals surface area (Å²) in [4.78, 5) is 0. The van der Waals surface area contributed by atoms with Gasteiger partial charge >= 0.3 is 0 Å². The first-order valence-corrected chi connectivity index (χ1v) is 13.6. The molecule has 31 heavy (non-hydrogen) atoms. The van der Waals surface area contributed by atoms with E-state index in [-0.39, 0.29) is 0 Å². The Hall–Kier alpha value is -1.42. The Kier molecular flexibility index (Phi) is 19.4. The highest BCUT2D eigenvalue weighted by molar-refractivity contribution is 5.36. The van der Waals surface area contributed by atoms with Gasteiger partial charge in [0.1, 0.15) is 5.75 Å². The summed E-state index contributed by atoms with van der Waals surface area (Å²) >= 11 is 0. The van der Waals surface area contributed by atoms with Crippen LogP contribution in [0.25, 0.3) is 0 Å². The SMILES string of the molecule is C#Cc1ccc(OCCCCCCCCCCCCCCCCCCCCCC)cc1. The van der Waals surface area contributed by atoms with Crippen LogP contribution in [0.3, 0.4) is 0 Å². The second-order valence-corrected chi connectivity index (χ2v) is 9.23. The molecule has 0 aromatic heterocycles. The molecule has 0 heterocycles. The molecule has 0 aliphatic heterocycles. The third kappa shape index (κ3) is 17.9. The topological polar surface area (TPSA) is 9.23 Å². The van der Waals surface area contributed by atoms with E-state index in [1.807, 2.05) is 24.3 Å². The molecule has 0 radical (unpaired) electrons. The smallest absolute Gasteiger partial charge is 0.119 e. The molecule has 1 nitrogen and oxygen atoms in total. The monoisotopic (exact) mass is 426 g/mol. The van der Waals surface area contributed by atoms with Gasteiger partial charge in [-0.1, -0.05) is 135 Å². The van der Waals surface area contributed by atoms with Gasteiger partial charge in [0.25, 0.3) is 0 Å². The van der Waals surface area contributed by atoms with Crippen LogP contribution in [-0.4, -0.2) is 6.61 Å². The van der Waals surface area contributed by atoms with E-state index >= 15 is 0 Å². The van der Waals surface area contributed by atoms with Crippen molar-refractivity contribution in [1.82, 2.24) is 0 Å². The van der Waals surface area contributed by atoms with Crippen LogP contribution < -0.4 is 4.74 Å². The summed E-state index contributed by atoms with van der Waals surface area (Å²) < 4.78 is 5.77. The van der Waals surface area contributed by atoms with Crippen LogP contribution in [0.15, 0.2) is 24.3 Å². The molecule has 176 valence electrons. The van der Waals surface area contributed by atoms with E-state index in [1.165, 1.54) is 122 Å². The fraction of sp³-hybridized carbons (Fsp3) is 0.733. The summed E-state index contributed by atoms with van der Waals surface area (Å²) in [6, 6.07) is 7.80. The Labute approximate surface area is 194 Å². The average molecular weight is 427 g/mol. The van der Waals surface area contributed by atoms with Crippen LogP contribution in [0, 0.1) is 12.3 Å². The molecule has 0 amide bonds. The molecule has 1 aromatic carbocycles. The van der Waals surface area contributed by atoms with Crippen molar-refractivity contribution < 1.29 is 4.74 Å². The van der Waals surface area contributed by atoms with E-state index in [9.17, 15) is 0 Å². The molecule has 1 aromatic rings. The van der Waals surface area contributed by atoms with Crippen molar-refractivity contribution in [3.05, 3.63) is 29.8 Å². The summed E-state index contributed by atoms with van der Waals surface area (Å²) in [6.45, 7) is 3.11. The summed E-state index contributed by atoms with van der Waals surface area (Å²) in [5.41, 5.74) is 0.908. The van der Waals surface area contributed by atoms with E-state index in [1.54, 1.807) is 0 Å². The van der Waals surface area contributed by atoms with Crippen LogP contribution in [0.2, 0.25) is 0 Å². The first-order chi connectivity index (χ1) is 15.4. The van der Waals surface area contributed by atoms with E-state index in [4.69, 9.17) is 11.2 Å². The van der Waals surface area contributed by atoms with Crippen molar-refractivity contribution in [2.24, 2.45) is 0 Å². The zero-order valence-electron chi connectivity index (χ0n) is 20.6. The van der Waals surface area contributed by atoms with E-state index in [0.29, 0.717) is 0 Å². The first kappa shape index (κ1) is 27.6. The molecular weight excluding hydrogens is 376 g/mol. The highest BCUT2D eigenvalue weighted by atomic mass is 16.5. The highest BCUT2D eigenvalue weighted by Gasteiger charge is 1.97. The van der Waals surface area contributed by atoms with Crippen molar-refractivity contribution >= 4 is 0 Å². The summed E-state index contributed by atoms with van der Waals surface area (Å²) in [5.74, 6) is 3.56. The quantitative estimate of drug-likeness (QED) is 0.132. The lowest BCUT2D eigenvalue weighted by Gasteiger charge is -2.06. The van der Waals surface area contributed by atoms with Gasteiger partial charge in [-0.05, 0) is 30.7 Å². The summed E-state index contributed by atoms with van der Waals surface area (Å²) in [5, 5.41) is 0. The molecule has 0 unspecified atom stereocenters. The van der Waals surface area contributed by atoms with Crippen LogP contribution in [-0.2, 0) is 0 Å². The number of hydrogen-bond acceptors (Lipinski definition) is 1. The van der Waals surface area contributed by atoms with Gasteiger partial charge in [-0.2, -0.15) is 0 Å². The minimum atomic E-state index is 0.814. The maximum atomic E-state index is 5.77. The molecule has 1 heteroatoms. The zero-order valence-corrected chi connectivity index (χ0v) is 20.6. The minimum Gasteiger partial charge on any atom is -0.494 e. The second kappa shape index (κ2) is 21.8. The van der Waals surface area contributed by atoms with Gasteiger partial charge in [0.05, 0.1) is 6.61 Å². The normalized spacial score (nSPS) is 10.8. The maximum Gasteiger partial charge on any atom is 0.119 e. The van der Waals surface area contributed by atoms with Gasteiger partial charge in [-0.15, -0.1) is 6.42 Å². The zero-order chi connectivity index (χ0) is 22.2. The van der Waals surface area contributed by atoms with Gasteiger partial charge < -0.3 is 4.74 Å². The number of unbranched alkanes of at least 4 members (excludes halogenated alkanes) is 19. The van der Waals surface area contributed by atoms with Crippen LogP contribution in [0.4, 0.5) is 0 Å². The van der Waals surface area contributed by atoms with E-state index < -0.39 is 0 Å². The van der Waals surface area contributed by atoms with Gasteiger partial charge in [-0.25, -0.2) is 0 Å². The van der Waals surface area contributed by atoms with E-state index in [2.05, 4.69) is 12.8 Å². The Balaban J connectivity index is 1.71. The molecule has 0 atom stereocenters. The third-order valence-corrected chi connectivity index (χ3v) is 6.29. The number of rotatable bonds is 22. The molecule has 0 bridgehead atoms. The Morgan fingerprint density at radius 3 is 1.26 bits per heavy atom. The summed E-state index contributed by atoms with van der Waals surface area (Å²) in [7, 11) is 0. The van der Waals surface area contributed by atoms with Gasteiger partial charge in [0.15, 0.2) is 0 Å². The number of terminal acetylenes is 1.